The van der Waals surface area contributed by atoms with Crippen molar-refractivity contribution in [3.8, 4) is 0 Å². The van der Waals surface area contributed by atoms with Gasteiger partial charge in [0.15, 0.2) is 0 Å². The van der Waals surface area contributed by atoms with Gasteiger partial charge in [-0.25, -0.2) is 4.79 Å². The maximum Gasteiger partial charge on any atom is 0.338 e. The number of benzene rings is 2. The minimum atomic E-state index is -0.377. The van der Waals surface area contributed by atoms with Gasteiger partial charge in [0, 0.05) is 23.5 Å². The van der Waals surface area contributed by atoms with E-state index in [4.69, 9.17) is 4.74 Å². The lowest BCUT2D eigenvalue weighted by atomic mass is 10.2. The molecule has 4 nitrogen and oxygen atoms in total. The Bertz CT molecular complexity index is 743. The molecule has 0 radical (unpaired) electrons. The van der Waals surface area contributed by atoms with E-state index in [0.717, 1.165) is 17.7 Å². The molecule has 2 aromatic carbocycles. The smallest absolute Gasteiger partial charge is 0.338 e. The number of amides is 1. The molecule has 0 aliphatic carbocycles. The molecule has 1 aliphatic rings. The molecule has 2 aromatic rings. The van der Waals surface area contributed by atoms with E-state index in [1.165, 1.54) is 4.90 Å². The van der Waals surface area contributed by atoms with Crippen molar-refractivity contribution in [2.45, 2.75) is 24.3 Å². The van der Waals surface area contributed by atoms with E-state index >= 15 is 0 Å². The minimum absolute atomic E-state index is 0.106. The lowest BCUT2D eigenvalue weighted by Gasteiger charge is -2.16. The van der Waals surface area contributed by atoms with Crippen LogP contribution in [-0.2, 0) is 16.1 Å². The fourth-order valence-corrected chi connectivity index (χ4v) is 3.08. The van der Waals surface area contributed by atoms with E-state index in [9.17, 15) is 9.59 Å². The van der Waals surface area contributed by atoms with E-state index in [1.54, 1.807) is 34.9 Å². The molecule has 124 valence electrons. The van der Waals surface area contributed by atoms with Crippen LogP contribution in [0.2, 0.25) is 0 Å². The van der Waals surface area contributed by atoms with Gasteiger partial charge in [-0.2, -0.15) is 0 Å². The summed E-state index contributed by atoms with van der Waals surface area (Å²) in [6, 6.07) is 15.0. The molecule has 0 atom stereocenters. The zero-order valence-electron chi connectivity index (χ0n) is 13.5. The highest BCUT2D eigenvalue weighted by atomic mass is 32.2. The Morgan fingerprint density at radius 2 is 2.00 bits per heavy atom. The first-order valence-corrected chi connectivity index (χ1v) is 9.10. The Hall–Kier alpha value is -2.27. The SMILES string of the molecule is CSc1ccc(COC(=O)c2cccc(N3CCCC3=O)c2)cc1. The number of carbonyl (C=O) groups is 2. The van der Waals surface area contributed by atoms with Crippen molar-refractivity contribution in [2.24, 2.45) is 0 Å². The van der Waals surface area contributed by atoms with Crippen LogP contribution >= 0.6 is 11.8 Å². The highest BCUT2D eigenvalue weighted by Crippen LogP contribution is 2.23. The maximum atomic E-state index is 12.3. The van der Waals surface area contributed by atoms with E-state index in [0.29, 0.717) is 18.5 Å². The summed E-state index contributed by atoms with van der Waals surface area (Å²) in [5, 5.41) is 0. The molecular formula is C19H19NO3S. The van der Waals surface area contributed by atoms with Crippen molar-refractivity contribution in [1.29, 1.82) is 0 Å². The zero-order valence-corrected chi connectivity index (χ0v) is 14.3. The maximum absolute atomic E-state index is 12.3. The van der Waals surface area contributed by atoms with Gasteiger partial charge in [0.25, 0.3) is 0 Å². The Kier molecular flexibility index (Phi) is 5.20. The minimum Gasteiger partial charge on any atom is -0.457 e. The molecule has 24 heavy (non-hydrogen) atoms. The van der Waals surface area contributed by atoms with Gasteiger partial charge in [-0.3, -0.25) is 4.79 Å². The van der Waals surface area contributed by atoms with Crippen LogP contribution in [0.5, 0.6) is 0 Å². The average molecular weight is 341 g/mol. The van der Waals surface area contributed by atoms with Crippen molar-refractivity contribution in [1.82, 2.24) is 0 Å². The molecule has 0 N–H and O–H groups in total. The molecule has 0 bridgehead atoms. The van der Waals surface area contributed by atoms with Gasteiger partial charge in [0.2, 0.25) is 5.91 Å². The number of carbonyl (C=O) groups excluding carboxylic acids is 2. The third kappa shape index (κ3) is 3.79. The van der Waals surface area contributed by atoms with E-state index in [-0.39, 0.29) is 18.5 Å². The second-order valence-corrected chi connectivity index (χ2v) is 6.50. The zero-order chi connectivity index (χ0) is 16.9. The summed E-state index contributed by atoms with van der Waals surface area (Å²) < 4.78 is 5.38. The second kappa shape index (κ2) is 7.53. The van der Waals surface area contributed by atoms with Crippen LogP contribution in [0.1, 0.15) is 28.8 Å². The van der Waals surface area contributed by atoms with Gasteiger partial charge < -0.3 is 9.64 Å². The quantitative estimate of drug-likeness (QED) is 0.611. The fourth-order valence-electron chi connectivity index (χ4n) is 2.68. The third-order valence-corrected chi connectivity index (χ3v) is 4.74. The predicted molar refractivity (Wildman–Crippen MR) is 95.4 cm³/mol. The molecule has 1 heterocycles. The first-order chi connectivity index (χ1) is 11.7. The summed E-state index contributed by atoms with van der Waals surface area (Å²) >= 11 is 1.67. The molecular weight excluding hydrogens is 322 g/mol. The molecule has 1 amide bonds. The number of esters is 1. The number of hydrogen-bond acceptors (Lipinski definition) is 4. The number of hydrogen-bond donors (Lipinski definition) is 0. The average Bonchev–Trinajstić information content (AvgIpc) is 3.06. The van der Waals surface area contributed by atoms with Gasteiger partial charge in [-0.05, 0) is 48.6 Å². The fraction of sp³-hybridized carbons (Fsp3) is 0.263. The summed E-state index contributed by atoms with van der Waals surface area (Å²) in [6.45, 7) is 0.944. The lowest BCUT2D eigenvalue weighted by Crippen LogP contribution is -2.23. The van der Waals surface area contributed by atoms with Crippen LogP contribution in [-0.4, -0.2) is 24.7 Å². The Morgan fingerprint density at radius 1 is 1.21 bits per heavy atom. The van der Waals surface area contributed by atoms with Gasteiger partial charge in [-0.1, -0.05) is 18.2 Å². The molecule has 1 saturated heterocycles. The summed E-state index contributed by atoms with van der Waals surface area (Å²) in [6.07, 6.45) is 3.45. The standard InChI is InChI=1S/C19H19NO3S/c1-24-17-9-7-14(8-10-17)13-23-19(22)15-4-2-5-16(12-15)20-11-3-6-18(20)21/h2,4-5,7-10,12H,3,6,11,13H2,1H3. The number of anilines is 1. The number of thioether (sulfide) groups is 1. The largest absolute Gasteiger partial charge is 0.457 e. The van der Waals surface area contributed by atoms with Crippen molar-refractivity contribution in [3.05, 3.63) is 59.7 Å². The molecule has 1 fully saturated rings. The summed E-state index contributed by atoms with van der Waals surface area (Å²) in [4.78, 5) is 27.0. The first kappa shape index (κ1) is 16.6. The molecule has 0 unspecified atom stereocenters. The first-order valence-electron chi connectivity index (χ1n) is 7.88. The van der Waals surface area contributed by atoms with E-state index in [1.807, 2.05) is 36.6 Å². The topological polar surface area (TPSA) is 46.6 Å². The third-order valence-electron chi connectivity index (χ3n) is 4.00. The van der Waals surface area contributed by atoms with Crippen molar-refractivity contribution < 1.29 is 14.3 Å². The molecule has 5 heteroatoms. The molecule has 3 rings (SSSR count). The van der Waals surface area contributed by atoms with Crippen LogP contribution in [0.15, 0.2) is 53.4 Å². The van der Waals surface area contributed by atoms with Crippen LogP contribution in [0.4, 0.5) is 5.69 Å². The Balaban J connectivity index is 1.65. The van der Waals surface area contributed by atoms with E-state index < -0.39 is 0 Å². The van der Waals surface area contributed by atoms with Crippen LogP contribution in [0.25, 0.3) is 0 Å². The summed E-state index contributed by atoms with van der Waals surface area (Å²) in [7, 11) is 0. The number of rotatable bonds is 5. The van der Waals surface area contributed by atoms with Gasteiger partial charge in [0.1, 0.15) is 6.61 Å². The van der Waals surface area contributed by atoms with Crippen LogP contribution < -0.4 is 4.90 Å². The van der Waals surface area contributed by atoms with Crippen molar-refractivity contribution in [3.63, 3.8) is 0 Å². The molecule has 0 aromatic heterocycles. The normalized spacial score (nSPS) is 14.0. The van der Waals surface area contributed by atoms with E-state index in [2.05, 4.69) is 0 Å². The summed E-state index contributed by atoms with van der Waals surface area (Å²) in [5.74, 6) is -0.271. The van der Waals surface area contributed by atoms with Gasteiger partial charge in [0.05, 0.1) is 5.56 Å². The second-order valence-electron chi connectivity index (χ2n) is 5.62. The summed E-state index contributed by atoms with van der Waals surface area (Å²) in [5.41, 5.74) is 2.18. The molecule has 0 spiro atoms. The molecule has 1 aliphatic heterocycles. The predicted octanol–water partition coefficient (Wildman–Crippen LogP) is 3.89. The van der Waals surface area contributed by atoms with Crippen molar-refractivity contribution >= 4 is 29.3 Å². The van der Waals surface area contributed by atoms with Gasteiger partial charge in [-0.15, -0.1) is 11.8 Å². The monoisotopic (exact) mass is 341 g/mol. The van der Waals surface area contributed by atoms with Crippen LogP contribution in [0.3, 0.4) is 0 Å². The lowest BCUT2D eigenvalue weighted by molar-refractivity contribution is -0.117. The Morgan fingerprint density at radius 3 is 2.67 bits per heavy atom. The van der Waals surface area contributed by atoms with Gasteiger partial charge >= 0.3 is 5.97 Å². The van der Waals surface area contributed by atoms with Crippen LogP contribution in [0, 0.1) is 0 Å². The number of nitrogens with zero attached hydrogens (tertiary/aromatic N) is 1. The highest BCUT2D eigenvalue weighted by molar-refractivity contribution is 7.98. The number of ether oxygens (including phenoxy) is 1. The van der Waals surface area contributed by atoms with Crippen molar-refractivity contribution in [2.75, 3.05) is 17.7 Å². The highest BCUT2D eigenvalue weighted by Gasteiger charge is 2.22. The Labute approximate surface area is 145 Å². The molecule has 0 saturated carbocycles.